The normalized spacial score (nSPS) is 16.2. The molecule has 1 unspecified atom stereocenters. The SMILES string of the molecule is Cl.Cl.[CH2]=[Ti]([O]c1cccc(-c2ccccc2)c1)[C]1=C([SiH3])C(C)=C(C)C1C. The van der Waals surface area contributed by atoms with Crippen molar-refractivity contribution in [2.24, 2.45) is 5.92 Å². The van der Waals surface area contributed by atoms with E-state index in [-0.39, 0.29) is 24.8 Å². The fraction of sp³-hybridized carbons (Fsp3) is 0.190. The van der Waals surface area contributed by atoms with Gasteiger partial charge in [0.15, 0.2) is 0 Å². The number of hydrogen-bond acceptors (Lipinski definition) is 1. The maximum atomic E-state index is 6.39. The van der Waals surface area contributed by atoms with E-state index in [2.05, 4.69) is 74.1 Å². The standard InChI is InChI=1S/C12H10O.C8H13Si.CH2.2ClH.Ti/c13-12-8-4-7-11(9-12)10-5-2-1-3-6-10;1-5-4-8(9)7(3)6(5)2;;;;/h1-9,13H;5H,1-3,9H3;1H2;2*1H;/q;;;;;+1/p-1. The molecule has 0 saturated heterocycles. The second kappa shape index (κ2) is 9.87. The first-order chi connectivity index (χ1) is 11.5. The van der Waals surface area contributed by atoms with Crippen LogP contribution in [0.4, 0.5) is 0 Å². The van der Waals surface area contributed by atoms with Crippen LogP contribution in [0.15, 0.2) is 74.8 Å². The molecule has 0 aromatic heterocycles. The van der Waals surface area contributed by atoms with Crippen molar-refractivity contribution in [1.82, 2.24) is 0 Å². The molecule has 0 saturated carbocycles. The Bertz CT molecular complexity index is 859. The average molecular weight is 441 g/mol. The maximum absolute atomic E-state index is 6.39. The zero-order valence-corrected chi connectivity index (χ0v) is 20.9. The quantitative estimate of drug-likeness (QED) is 0.600. The summed E-state index contributed by atoms with van der Waals surface area (Å²) in [4.78, 5) is 4.47. The van der Waals surface area contributed by atoms with E-state index >= 15 is 0 Å². The van der Waals surface area contributed by atoms with E-state index in [1.165, 1.54) is 26.2 Å². The molecule has 0 fully saturated rings. The Hall–Kier alpha value is -0.899. The molecule has 0 spiro atoms. The van der Waals surface area contributed by atoms with Crippen LogP contribution in [0.5, 0.6) is 5.75 Å². The summed E-state index contributed by atoms with van der Waals surface area (Å²) in [6.07, 6.45) is 0. The first-order valence-electron chi connectivity index (χ1n) is 8.40. The summed E-state index contributed by atoms with van der Waals surface area (Å²) in [6.45, 7) is 6.82. The summed E-state index contributed by atoms with van der Waals surface area (Å²) < 4.78 is 7.92. The fourth-order valence-electron chi connectivity index (χ4n) is 3.38. The van der Waals surface area contributed by atoms with Crippen molar-refractivity contribution in [3.8, 4) is 16.9 Å². The summed E-state index contributed by atoms with van der Waals surface area (Å²) in [6, 6.07) is 18.9. The van der Waals surface area contributed by atoms with E-state index in [0.29, 0.717) is 5.92 Å². The van der Waals surface area contributed by atoms with Crippen molar-refractivity contribution in [2.45, 2.75) is 20.8 Å². The van der Waals surface area contributed by atoms with Gasteiger partial charge in [0.05, 0.1) is 0 Å². The Morgan fingerprint density at radius 2 is 1.58 bits per heavy atom. The van der Waals surface area contributed by atoms with Gasteiger partial charge in [0.25, 0.3) is 0 Å². The number of allylic oxidation sites excluding steroid dienone is 4. The van der Waals surface area contributed by atoms with Gasteiger partial charge in [-0.2, -0.15) is 0 Å². The van der Waals surface area contributed by atoms with Crippen molar-refractivity contribution in [2.75, 3.05) is 0 Å². The molecule has 0 bridgehead atoms. The first-order valence-corrected chi connectivity index (χ1v) is 11.9. The van der Waals surface area contributed by atoms with E-state index in [1.807, 2.05) is 6.07 Å². The van der Waals surface area contributed by atoms with Gasteiger partial charge in [0.1, 0.15) is 0 Å². The molecule has 0 N–H and O–H groups in total. The number of hydrogen-bond donors (Lipinski definition) is 0. The molecule has 0 radical (unpaired) electrons. The van der Waals surface area contributed by atoms with Crippen molar-refractivity contribution in [3.63, 3.8) is 0 Å². The van der Waals surface area contributed by atoms with Crippen LogP contribution in [0.25, 0.3) is 11.1 Å². The monoisotopic (exact) mass is 440 g/mol. The second-order valence-electron chi connectivity index (χ2n) is 6.49. The molecule has 138 valence electrons. The summed E-state index contributed by atoms with van der Waals surface area (Å²) in [5.74, 6) is 1.47. The summed E-state index contributed by atoms with van der Waals surface area (Å²) in [7, 11) is 1.08. The van der Waals surface area contributed by atoms with Gasteiger partial charge in [0, 0.05) is 0 Å². The molecule has 1 atom stereocenters. The molecule has 3 rings (SSSR count). The van der Waals surface area contributed by atoms with Crippen molar-refractivity contribution < 1.29 is 21.1 Å². The molecular formula is C21H26Cl2OSiTi. The van der Waals surface area contributed by atoms with Crippen LogP contribution in [0.2, 0.25) is 0 Å². The van der Waals surface area contributed by atoms with E-state index in [0.717, 1.165) is 16.0 Å². The van der Waals surface area contributed by atoms with Gasteiger partial charge in [-0.05, 0) is 0 Å². The van der Waals surface area contributed by atoms with E-state index in [4.69, 9.17) is 3.32 Å². The van der Waals surface area contributed by atoms with E-state index < -0.39 is 17.8 Å². The Balaban J connectivity index is 0.00000169. The molecule has 1 aliphatic rings. The van der Waals surface area contributed by atoms with Crippen LogP contribution in [0, 0.1) is 5.92 Å². The van der Waals surface area contributed by atoms with Gasteiger partial charge >= 0.3 is 155 Å². The molecular weight excluding hydrogens is 415 g/mol. The molecule has 2 aromatic carbocycles. The number of benzene rings is 2. The van der Waals surface area contributed by atoms with Gasteiger partial charge in [-0.25, -0.2) is 0 Å². The molecule has 2 aromatic rings. The van der Waals surface area contributed by atoms with Gasteiger partial charge < -0.3 is 0 Å². The van der Waals surface area contributed by atoms with Crippen LogP contribution < -0.4 is 3.32 Å². The predicted octanol–water partition coefficient (Wildman–Crippen LogP) is 5.10. The number of halogens is 2. The predicted molar refractivity (Wildman–Crippen MR) is 119 cm³/mol. The minimum absolute atomic E-state index is 0. The molecule has 0 amide bonds. The first kappa shape index (κ1) is 23.1. The minimum atomic E-state index is -1.97. The summed E-state index contributed by atoms with van der Waals surface area (Å²) in [5.41, 5.74) is 5.41. The molecule has 26 heavy (non-hydrogen) atoms. The average Bonchev–Trinajstić information content (AvgIpc) is 2.79. The van der Waals surface area contributed by atoms with E-state index in [9.17, 15) is 0 Å². The zero-order valence-electron chi connectivity index (χ0n) is 15.7. The fourth-order valence-corrected chi connectivity index (χ4v) is 8.21. The van der Waals surface area contributed by atoms with Gasteiger partial charge in [0.2, 0.25) is 0 Å². The van der Waals surface area contributed by atoms with Crippen LogP contribution >= 0.6 is 24.8 Å². The Labute approximate surface area is 178 Å². The van der Waals surface area contributed by atoms with E-state index in [1.54, 1.807) is 5.20 Å². The molecule has 0 heterocycles. The topological polar surface area (TPSA) is 9.23 Å². The zero-order chi connectivity index (χ0) is 17.3. The van der Waals surface area contributed by atoms with Gasteiger partial charge in [-0.3, -0.25) is 0 Å². The molecule has 5 heteroatoms. The molecule has 1 aliphatic carbocycles. The number of rotatable bonds is 4. The van der Waals surface area contributed by atoms with Gasteiger partial charge in [-0.15, -0.1) is 24.8 Å². The van der Waals surface area contributed by atoms with Gasteiger partial charge in [-0.1, -0.05) is 0 Å². The molecule has 0 aliphatic heterocycles. The van der Waals surface area contributed by atoms with Crippen molar-refractivity contribution >= 4 is 39.9 Å². The van der Waals surface area contributed by atoms with Crippen molar-refractivity contribution in [3.05, 3.63) is 74.8 Å². The Morgan fingerprint density at radius 3 is 2.15 bits per heavy atom. The van der Waals surface area contributed by atoms with Crippen LogP contribution in [-0.2, 0) is 17.8 Å². The third-order valence-electron chi connectivity index (χ3n) is 5.12. The Morgan fingerprint density at radius 1 is 0.962 bits per heavy atom. The van der Waals surface area contributed by atoms with Crippen molar-refractivity contribution in [1.29, 1.82) is 0 Å². The van der Waals surface area contributed by atoms with Crippen LogP contribution in [0.3, 0.4) is 0 Å². The summed E-state index contributed by atoms with van der Waals surface area (Å²) >= 11 is -1.97. The Kier molecular flexibility index (Phi) is 8.78. The summed E-state index contributed by atoms with van der Waals surface area (Å²) in [5, 5.41) is 1.55. The van der Waals surface area contributed by atoms with Crippen LogP contribution in [-0.4, -0.2) is 15.1 Å². The third-order valence-corrected chi connectivity index (χ3v) is 10.1. The molecule has 1 nitrogen and oxygen atoms in total. The van der Waals surface area contributed by atoms with Crippen LogP contribution in [0.1, 0.15) is 20.8 Å². The third kappa shape index (κ3) is 4.68. The second-order valence-corrected chi connectivity index (χ2v) is 9.97.